The van der Waals surface area contributed by atoms with Crippen LogP contribution in [0.1, 0.15) is 31.4 Å². The molecule has 0 aliphatic carbocycles. The Morgan fingerprint density at radius 3 is 2.83 bits per heavy atom. The maximum absolute atomic E-state index is 12.5. The molecule has 3 aromatic heterocycles. The molecule has 1 aliphatic rings. The van der Waals surface area contributed by atoms with Crippen molar-refractivity contribution in [3.8, 4) is 10.4 Å². The van der Waals surface area contributed by atoms with E-state index in [0.717, 1.165) is 34.0 Å². The molecule has 4 rings (SSSR count). The monoisotopic (exact) mass is 329 g/mol. The molecule has 23 heavy (non-hydrogen) atoms. The van der Waals surface area contributed by atoms with E-state index in [9.17, 15) is 4.79 Å². The molecular formula is C16H19N5OS. The fraction of sp³-hybridized carbons (Fsp3) is 0.438. The maximum Gasteiger partial charge on any atom is 0.268 e. The normalized spacial score (nSPS) is 24.6. The van der Waals surface area contributed by atoms with Crippen LogP contribution in [0, 0.1) is 18.8 Å². The maximum atomic E-state index is 12.5. The van der Waals surface area contributed by atoms with Gasteiger partial charge in [-0.3, -0.25) is 9.89 Å². The molecule has 3 atom stereocenters. The van der Waals surface area contributed by atoms with Crippen LogP contribution in [-0.4, -0.2) is 26.7 Å². The number of fused-ring (bicyclic) bond motifs is 1. The number of H-pyrrole nitrogens is 2. The molecule has 0 aromatic carbocycles. The lowest BCUT2D eigenvalue weighted by Crippen LogP contribution is -2.23. The van der Waals surface area contributed by atoms with Gasteiger partial charge in [-0.15, -0.1) is 11.3 Å². The molecule has 0 unspecified atom stereocenters. The van der Waals surface area contributed by atoms with Crippen LogP contribution in [0.15, 0.2) is 17.1 Å². The average molecular weight is 329 g/mol. The standard InChI is InChI=1S/C16H19N5OS/c1-7-5-17-13(8(7)2)15-19-11-4-12(10-6-18-21-9(10)3)23-14(11)16(22)20-15/h4,6-8,13,17H,5H2,1-3H3,(H,18,21)(H,19,20,22)/t7-,8-,13+/m1/s1. The Balaban J connectivity index is 1.82. The van der Waals surface area contributed by atoms with Gasteiger partial charge in [0, 0.05) is 16.1 Å². The smallest absolute Gasteiger partial charge is 0.268 e. The minimum Gasteiger partial charge on any atom is -0.308 e. The van der Waals surface area contributed by atoms with Crippen LogP contribution in [0.2, 0.25) is 0 Å². The van der Waals surface area contributed by atoms with Crippen LogP contribution < -0.4 is 10.9 Å². The Morgan fingerprint density at radius 2 is 2.17 bits per heavy atom. The lowest BCUT2D eigenvalue weighted by molar-refractivity contribution is 0.413. The molecule has 0 saturated carbocycles. The highest BCUT2D eigenvalue weighted by Crippen LogP contribution is 2.34. The molecule has 1 saturated heterocycles. The summed E-state index contributed by atoms with van der Waals surface area (Å²) in [5.41, 5.74) is 2.72. The van der Waals surface area contributed by atoms with Gasteiger partial charge in [0.05, 0.1) is 17.8 Å². The van der Waals surface area contributed by atoms with Gasteiger partial charge in [-0.2, -0.15) is 5.10 Å². The highest BCUT2D eigenvalue weighted by atomic mass is 32.1. The van der Waals surface area contributed by atoms with Gasteiger partial charge in [-0.1, -0.05) is 13.8 Å². The van der Waals surface area contributed by atoms with Crippen molar-refractivity contribution >= 4 is 21.6 Å². The zero-order valence-electron chi connectivity index (χ0n) is 13.3. The summed E-state index contributed by atoms with van der Waals surface area (Å²) in [4.78, 5) is 21.2. The van der Waals surface area contributed by atoms with E-state index < -0.39 is 0 Å². The molecule has 3 aromatic rings. The van der Waals surface area contributed by atoms with Crippen LogP contribution >= 0.6 is 11.3 Å². The molecule has 3 N–H and O–H groups in total. The third-order valence-electron chi connectivity index (χ3n) is 4.87. The molecule has 6 nitrogen and oxygen atoms in total. The van der Waals surface area contributed by atoms with E-state index in [1.807, 2.05) is 13.0 Å². The second-order valence-corrected chi connectivity index (χ2v) is 7.46. The summed E-state index contributed by atoms with van der Waals surface area (Å²) in [7, 11) is 0. The van der Waals surface area contributed by atoms with Gasteiger partial charge in [0.2, 0.25) is 0 Å². The molecular weight excluding hydrogens is 310 g/mol. The van der Waals surface area contributed by atoms with Crippen molar-refractivity contribution in [1.82, 2.24) is 25.5 Å². The summed E-state index contributed by atoms with van der Waals surface area (Å²) in [6.07, 6.45) is 1.79. The van der Waals surface area contributed by atoms with E-state index in [2.05, 4.69) is 34.3 Å². The first-order valence-corrected chi connectivity index (χ1v) is 8.63. The topological polar surface area (TPSA) is 86.5 Å². The molecule has 0 bridgehead atoms. The number of hydrogen-bond donors (Lipinski definition) is 3. The molecule has 4 heterocycles. The lowest BCUT2D eigenvalue weighted by Gasteiger charge is -2.16. The van der Waals surface area contributed by atoms with E-state index >= 15 is 0 Å². The van der Waals surface area contributed by atoms with E-state index in [-0.39, 0.29) is 11.6 Å². The highest BCUT2D eigenvalue weighted by molar-refractivity contribution is 7.22. The molecule has 0 amide bonds. The SMILES string of the molecule is Cc1[nH]ncc1-c1cc2nc([C@H]3NC[C@@H](C)[C@H]3C)[nH]c(=O)c2s1. The Morgan fingerprint density at radius 1 is 1.35 bits per heavy atom. The number of aromatic amines is 2. The fourth-order valence-electron chi connectivity index (χ4n) is 3.20. The first kappa shape index (κ1) is 14.6. The highest BCUT2D eigenvalue weighted by Gasteiger charge is 2.32. The van der Waals surface area contributed by atoms with E-state index in [1.54, 1.807) is 6.20 Å². The van der Waals surface area contributed by atoms with Crippen LogP contribution in [-0.2, 0) is 0 Å². The Bertz CT molecular complexity index is 924. The van der Waals surface area contributed by atoms with Crippen molar-refractivity contribution in [2.24, 2.45) is 11.8 Å². The molecule has 7 heteroatoms. The number of nitrogens with zero attached hydrogens (tertiary/aromatic N) is 2. The number of rotatable bonds is 2. The average Bonchev–Trinajstić information content (AvgIpc) is 3.19. The van der Waals surface area contributed by atoms with Gasteiger partial charge in [0.25, 0.3) is 5.56 Å². The predicted molar refractivity (Wildman–Crippen MR) is 91.6 cm³/mol. The second-order valence-electron chi connectivity index (χ2n) is 6.41. The minimum absolute atomic E-state index is 0.0593. The van der Waals surface area contributed by atoms with E-state index in [4.69, 9.17) is 4.98 Å². The Kier molecular flexibility index (Phi) is 3.35. The Labute approximate surface area is 137 Å². The molecule has 1 fully saturated rings. The van der Waals surface area contributed by atoms with E-state index in [1.165, 1.54) is 11.3 Å². The van der Waals surface area contributed by atoms with Crippen molar-refractivity contribution in [3.63, 3.8) is 0 Å². The van der Waals surface area contributed by atoms with Crippen molar-refractivity contribution in [2.45, 2.75) is 26.8 Å². The largest absolute Gasteiger partial charge is 0.308 e. The first-order chi connectivity index (χ1) is 11.0. The number of aryl methyl sites for hydroxylation is 1. The van der Waals surface area contributed by atoms with Crippen LogP contribution in [0.5, 0.6) is 0 Å². The number of aromatic nitrogens is 4. The minimum atomic E-state index is -0.0593. The van der Waals surface area contributed by atoms with Crippen molar-refractivity contribution < 1.29 is 0 Å². The lowest BCUT2D eigenvalue weighted by atomic mass is 9.94. The van der Waals surface area contributed by atoms with Gasteiger partial charge >= 0.3 is 0 Å². The quantitative estimate of drug-likeness (QED) is 0.674. The number of thiophene rings is 1. The zero-order chi connectivity index (χ0) is 16.1. The Hall–Kier alpha value is -1.99. The summed E-state index contributed by atoms with van der Waals surface area (Å²) in [6, 6.07) is 2.10. The van der Waals surface area contributed by atoms with Crippen molar-refractivity contribution in [3.05, 3.63) is 34.1 Å². The number of nitrogens with one attached hydrogen (secondary N) is 3. The summed E-state index contributed by atoms with van der Waals surface area (Å²) in [5.74, 6) is 1.77. The van der Waals surface area contributed by atoms with Gasteiger partial charge in [0.15, 0.2) is 0 Å². The van der Waals surface area contributed by atoms with Crippen molar-refractivity contribution in [1.29, 1.82) is 0 Å². The van der Waals surface area contributed by atoms with Crippen LogP contribution in [0.25, 0.3) is 20.7 Å². The molecule has 120 valence electrons. The number of hydrogen-bond acceptors (Lipinski definition) is 5. The summed E-state index contributed by atoms with van der Waals surface area (Å²) >= 11 is 1.46. The molecule has 0 radical (unpaired) electrons. The van der Waals surface area contributed by atoms with Crippen molar-refractivity contribution in [2.75, 3.05) is 6.54 Å². The van der Waals surface area contributed by atoms with Gasteiger partial charge in [-0.25, -0.2) is 4.98 Å². The fourth-order valence-corrected chi connectivity index (χ4v) is 4.26. The molecule has 1 aliphatic heterocycles. The van der Waals surface area contributed by atoms with Gasteiger partial charge in [-0.05, 0) is 31.4 Å². The third kappa shape index (κ3) is 2.31. The second kappa shape index (κ2) is 5.28. The summed E-state index contributed by atoms with van der Waals surface area (Å²) in [5, 5.41) is 10.5. The summed E-state index contributed by atoms with van der Waals surface area (Å²) < 4.78 is 0.669. The van der Waals surface area contributed by atoms with Crippen LogP contribution in [0.3, 0.4) is 0 Å². The van der Waals surface area contributed by atoms with Crippen LogP contribution in [0.4, 0.5) is 0 Å². The van der Waals surface area contributed by atoms with E-state index in [0.29, 0.717) is 16.5 Å². The third-order valence-corrected chi connectivity index (χ3v) is 6.03. The molecule has 0 spiro atoms. The van der Waals surface area contributed by atoms with Gasteiger partial charge in [0.1, 0.15) is 10.5 Å². The predicted octanol–water partition coefficient (Wildman–Crippen LogP) is 2.60. The van der Waals surface area contributed by atoms with Gasteiger partial charge < -0.3 is 10.3 Å². The summed E-state index contributed by atoms with van der Waals surface area (Å²) in [6.45, 7) is 7.35. The first-order valence-electron chi connectivity index (χ1n) is 7.82. The zero-order valence-corrected chi connectivity index (χ0v) is 14.1.